The van der Waals surface area contributed by atoms with Crippen LogP contribution in [0.3, 0.4) is 0 Å². The van der Waals surface area contributed by atoms with Crippen molar-refractivity contribution in [1.82, 2.24) is 0 Å². The van der Waals surface area contributed by atoms with Gasteiger partial charge in [-0.1, -0.05) is 163 Å². The van der Waals surface area contributed by atoms with Crippen molar-refractivity contribution in [2.75, 3.05) is 13.2 Å². The molecule has 44 heavy (non-hydrogen) atoms. The summed E-state index contributed by atoms with van der Waals surface area (Å²) in [7, 11) is 0. The molecule has 0 aliphatic carbocycles. The highest BCUT2D eigenvalue weighted by Crippen LogP contribution is 2.37. The molecule has 0 saturated heterocycles. The normalized spacial score (nSPS) is 11.7. The molecule has 0 atom stereocenters. The van der Waals surface area contributed by atoms with Crippen LogP contribution in [0.25, 0.3) is 11.1 Å². The van der Waals surface area contributed by atoms with Crippen LogP contribution in [0.1, 0.15) is 113 Å². The van der Waals surface area contributed by atoms with E-state index in [1.807, 2.05) is 0 Å². The molecule has 2 heteroatoms. The zero-order valence-corrected chi connectivity index (χ0v) is 27.1. The summed E-state index contributed by atoms with van der Waals surface area (Å²) in [6.07, 6.45) is 15.2. The van der Waals surface area contributed by atoms with Gasteiger partial charge in [-0.2, -0.15) is 0 Å². The Morgan fingerprint density at radius 3 is 1.05 bits per heavy atom. The van der Waals surface area contributed by atoms with Gasteiger partial charge in [-0.25, -0.2) is 0 Å². The Balaban J connectivity index is 1.56. The van der Waals surface area contributed by atoms with E-state index in [2.05, 4.69) is 123 Å². The van der Waals surface area contributed by atoms with Crippen molar-refractivity contribution in [3.63, 3.8) is 0 Å². The van der Waals surface area contributed by atoms with Crippen molar-refractivity contribution >= 4 is 11.1 Å². The molecule has 4 aromatic rings. The minimum absolute atomic E-state index is 0.773. The lowest BCUT2D eigenvalue weighted by molar-refractivity contribution is 0.304. The van der Waals surface area contributed by atoms with E-state index in [0.717, 1.165) is 37.6 Å². The Bertz CT molecular complexity index is 1230. The molecule has 0 unspecified atom stereocenters. The highest BCUT2D eigenvalue weighted by Gasteiger charge is 2.16. The predicted molar refractivity (Wildman–Crippen MR) is 189 cm³/mol. The van der Waals surface area contributed by atoms with E-state index in [1.165, 1.54) is 97.6 Å². The van der Waals surface area contributed by atoms with Crippen LogP contribution < -0.4 is 9.47 Å². The Kier molecular flexibility index (Phi) is 14.7. The summed E-state index contributed by atoms with van der Waals surface area (Å²) in [6.45, 7) is 6.07. The molecule has 0 fully saturated rings. The van der Waals surface area contributed by atoms with Crippen LogP contribution in [0.15, 0.2) is 109 Å². The van der Waals surface area contributed by atoms with Crippen molar-refractivity contribution in [2.45, 2.75) is 90.9 Å². The third-order valence-electron chi connectivity index (χ3n) is 8.19. The topological polar surface area (TPSA) is 18.5 Å². The predicted octanol–water partition coefficient (Wildman–Crippen LogP) is 12.2. The van der Waals surface area contributed by atoms with E-state index < -0.39 is 0 Å². The van der Waals surface area contributed by atoms with Crippen molar-refractivity contribution in [2.24, 2.45) is 0 Å². The van der Waals surface area contributed by atoms with Gasteiger partial charge in [0, 0.05) is 0 Å². The maximum Gasteiger partial charge on any atom is 0.119 e. The van der Waals surface area contributed by atoms with Crippen LogP contribution in [-0.2, 0) is 0 Å². The molecule has 4 aromatic carbocycles. The van der Waals surface area contributed by atoms with Crippen molar-refractivity contribution in [3.05, 3.63) is 131 Å². The highest BCUT2D eigenvalue weighted by molar-refractivity contribution is 6.04. The second kappa shape index (κ2) is 19.5. The molecule has 2 nitrogen and oxygen atoms in total. The smallest absolute Gasteiger partial charge is 0.119 e. The lowest BCUT2D eigenvalue weighted by Crippen LogP contribution is -2.00. The summed E-state index contributed by atoms with van der Waals surface area (Å²) < 4.78 is 12.3. The molecule has 0 aliphatic rings. The Morgan fingerprint density at radius 2 is 0.682 bits per heavy atom. The molecule has 0 amide bonds. The fourth-order valence-corrected chi connectivity index (χ4v) is 5.70. The summed E-state index contributed by atoms with van der Waals surface area (Å²) >= 11 is 0. The second-order valence-electron chi connectivity index (χ2n) is 11.8. The van der Waals surface area contributed by atoms with Crippen molar-refractivity contribution in [1.29, 1.82) is 0 Å². The molecule has 0 aliphatic heterocycles. The van der Waals surface area contributed by atoms with Gasteiger partial charge < -0.3 is 9.47 Å². The maximum absolute atomic E-state index is 6.13. The van der Waals surface area contributed by atoms with Crippen LogP contribution in [0.5, 0.6) is 11.5 Å². The molecule has 0 saturated carbocycles. The monoisotopic (exact) mass is 588 g/mol. The third-order valence-corrected chi connectivity index (χ3v) is 8.19. The Hall–Kier alpha value is -3.78. The largest absolute Gasteiger partial charge is 0.494 e. The average molecular weight is 589 g/mol. The molecule has 0 radical (unpaired) electrons. The third kappa shape index (κ3) is 10.7. The fraction of sp³-hybridized carbons (Fsp3) is 0.381. The Labute approximate surface area is 267 Å². The van der Waals surface area contributed by atoms with Crippen molar-refractivity contribution in [3.8, 4) is 11.5 Å². The highest BCUT2D eigenvalue weighted by atomic mass is 16.5. The van der Waals surface area contributed by atoms with E-state index >= 15 is 0 Å². The van der Waals surface area contributed by atoms with E-state index in [-0.39, 0.29) is 0 Å². The lowest BCUT2D eigenvalue weighted by Gasteiger charge is -2.19. The summed E-state index contributed by atoms with van der Waals surface area (Å²) in [6, 6.07) is 38.8. The first-order chi connectivity index (χ1) is 21.8. The standard InChI is InChI=1S/C42H52O2/c1-3-5-7-9-11-19-33-43-39-29-25-37(26-30-39)41(35-21-15-13-16-22-35)42(36-23-17-14-18-24-36)38-27-31-40(32-28-38)44-34-20-12-10-8-6-4-2/h13-18,21-32H,3-12,19-20,33-34H2,1-2H3/b42-41+. The summed E-state index contributed by atoms with van der Waals surface area (Å²) in [5.74, 6) is 1.87. The van der Waals surface area contributed by atoms with Gasteiger partial charge in [0.2, 0.25) is 0 Å². The first-order valence-corrected chi connectivity index (χ1v) is 17.1. The average Bonchev–Trinajstić information content (AvgIpc) is 3.08. The van der Waals surface area contributed by atoms with Gasteiger partial charge in [0.1, 0.15) is 11.5 Å². The molecular weight excluding hydrogens is 536 g/mol. The number of hydrogen-bond donors (Lipinski definition) is 0. The van der Waals surface area contributed by atoms with Crippen LogP contribution in [0.2, 0.25) is 0 Å². The molecule has 4 rings (SSSR count). The van der Waals surface area contributed by atoms with Gasteiger partial charge in [-0.15, -0.1) is 0 Å². The molecule has 232 valence electrons. The number of unbranched alkanes of at least 4 members (excludes halogenated alkanes) is 10. The number of hydrogen-bond acceptors (Lipinski definition) is 2. The van der Waals surface area contributed by atoms with Crippen LogP contribution in [-0.4, -0.2) is 13.2 Å². The van der Waals surface area contributed by atoms with E-state index in [1.54, 1.807) is 0 Å². The number of rotatable bonds is 20. The first-order valence-electron chi connectivity index (χ1n) is 17.1. The van der Waals surface area contributed by atoms with Crippen LogP contribution >= 0.6 is 0 Å². The zero-order valence-electron chi connectivity index (χ0n) is 27.1. The van der Waals surface area contributed by atoms with Crippen LogP contribution in [0, 0.1) is 0 Å². The molecule has 0 aromatic heterocycles. The number of ether oxygens (including phenoxy) is 2. The van der Waals surface area contributed by atoms with Gasteiger partial charge in [-0.3, -0.25) is 0 Å². The molecule has 0 bridgehead atoms. The van der Waals surface area contributed by atoms with Gasteiger partial charge in [-0.05, 0) is 70.5 Å². The molecular formula is C42H52O2. The van der Waals surface area contributed by atoms with Gasteiger partial charge in [0.25, 0.3) is 0 Å². The van der Waals surface area contributed by atoms with Crippen LogP contribution in [0.4, 0.5) is 0 Å². The quantitative estimate of drug-likeness (QED) is 0.0755. The first kappa shape index (κ1) is 33.1. The zero-order chi connectivity index (χ0) is 30.7. The minimum Gasteiger partial charge on any atom is -0.494 e. The van der Waals surface area contributed by atoms with Gasteiger partial charge in [0.15, 0.2) is 0 Å². The summed E-state index contributed by atoms with van der Waals surface area (Å²) in [5.41, 5.74) is 7.14. The maximum atomic E-state index is 6.13. The Morgan fingerprint density at radius 1 is 0.364 bits per heavy atom. The molecule has 0 N–H and O–H groups in total. The van der Waals surface area contributed by atoms with Crippen molar-refractivity contribution < 1.29 is 9.47 Å². The minimum atomic E-state index is 0.773. The SMILES string of the molecule is CCCCCCCCOc1ccc(/C(=C(\c2ccccc2)c2ccc(OCCCCCCCC)cc2)c2ccccc2)cc1. The fourth-order valence-electron chi connectivity index (χ4n) is 5.70. The lowest BCUT2D eigenvalue weighted by atomic mass is 9.86. The van der Waals surface area contributed by atoms with Gasteiger partial charge >= 0.3 is 0 Å². The van der Waals surface area contributed by atoms with E-state index in [9.17, 15) is 0 Å². The van der Waals surface area contributed by atoms with Gasteiger partial charge in [0.05, 0.1) is 13.2 Å². The molecule has 0 heterocycles. The number of benzene rings is 4. The van der Waals surface area contributed by atoms with E-state index in [0.29, 0.717) is 0 Å². The van der Waals surface area contributed by atoms with E-state index in [4.69, 9.17) is 9.47 Å². The molecule has 0 spiro atoms. The summed E-state index contributed by atoms with van der Waals surface area (Å²) in [4.78, 5) is 0. The summed E-state index contributed by atoms with van der Waals surface area (Å²) in [5, 5.41) is 0. The second-order valence-corrected chi connectivity index (χ2v) is 11.8.